The summed E-state index contributed by atoms with van der Waals surface area (Å²) in [6.07, 6.45) is 7.21. The molecule has 5 aromatic heterocycles. The number of benzene rings is 5. The summed E-state index contributed by atoms with van der Waals surface area (Å²) in [6, 6.07) is 50.6. The fourth-order valence-electron chi connectivity index (χ4n) is 7.17. The smallest absolute Gasteiger partial charge is 0.144 e. The van der Waals surface area contributed by atoms with Gasteiger partial charge < -0.3 is 4.42 Å². The van der Waals surface area contributed by atoms with Gasteiger partial charge in [-0.3, -0.25) is 9.97 Å². The van der Waals surface area contributed by atoms with E-state index < -0.39 is 0 Å². The summed E-state index contributed by atoms with van der Waals surface area (Å²) in [5.41, 5.74) is 13.0. The predicted octanol–water partition coefficient (Wildman–Crippen LogP) is 11.8. The molecule has 0 saturated heterocycles. The standard InChI is InChI=1S/C46H28N4O/c1-3-10-40-38(9-1)44-39(17-16-37-36-8-2-4-11-43(36)51-46(37)44)45(50-40)32-14-12-29(13-15-32)33-6-5-7-34(26-33)35-27-41(30-18-22-47-23-19-30)49-42(28-35)31-20-24-48-25-21-31/h1-28H. The third-order valence-electron chi connectivity index (χ3n) is 9.67. The van der Waals surface area contributed by atoms with Crippen molar-refractivity contribution >= 4 is 43.6 Å². The maximum absolute atomic E-state index is 6.52. The normalized spacial score (nSPS) is 11.5. The Bertz CT molecular complexity index is 2840. The van der Waals surface area contributed by atoms with Gasteiger partial charge in [0.05, 0.1) is 22.6 Å². The molecule has 0 spiro atoms. The van der Waals surface area contributed by atoms with Gasteiger partial charge in [-0.2, -0.15) is 0 Å². The minimum absolute atomic E-state index is 0.892. The highest BCUT2D eigenvalue weighted by molar-refractivity contribution is 6.24. The van der Waals surface area contributed by atoms with Gasteiger partial charge in [-0.15, -0.1) is 0 Å². The third kappa shape index (κ3) is 5.03. The first-order valence-electron chi connectivity index (χ1n) is 16.9. The van der Waals surface area contributed by atoms with E-state index in [1.54, 1.807) is 24.8 Å². The summed E-state index contributed by atoms with van der Waals surface area (Å²) >= 11 is 0. The molecule has 5 heteroatoms. The molecule has 0 saturated carbocycles. The summed E-state index contributed by atoms with van der Waals surface area (Å²) in [5.74, 6) is 0. The van der Waals surface area contributed by atoms with Crippen LogP contribution in [0.25, 0.3) is 99.6 Å². The molecule has 10 aromatic rings. The molecule has 10 rings (SSSR count). The van der Waals surface area contributed by atoms with Crippen molar-refractivity contribution in [3.05, 3.63) is 170 Å². The van der Waals surface area contributed by atoms with Crippen molar-refractivity contribution in [2.45, 2.75) is 0 Å². The lowest BCUT2D eigenvalue weighted by Gasteiger charge is -2.12. The Labute approximate surface area is 293 Å². The second kappa shape index (κ2) is 11.9. The van der Waals surface area contributed by atoms with Crippen LogP contribution >= 0.6 is 0 Å². The van der Waals surface area contributed by atoms with Crippen LogP contribution in [0.4, 0.5) is 0 Å². The molecule has 0 aliphatic heterocycles. The summed E-state index contributed by atoms with van der Waals surface area (Å²) in [4.78, 5) is 18.6. The van der Waals surface area contributed by atoms with Crippen LogP contribution in [0.2, 0.25) is 0 Å². The van der Waals surface area contributed by atoms with Crippen molar-refractivity contribution in [1.82, 2.24) is 19.9 Å². The van der Waals surface area contributed by atoms with Crippen LogP contribution in [-0.2, 0) is 0 Å². The van der Waals surface area contributed by atoms with Crippen molar-refractivity contribution < 1.29 is 4.42 Å². The molecule has 0 fully saturated rings. The first-order valence-corrected chi connectivity index (χ1v) is 16.9. The van der Waals surface area contributed by atoms with Crippen molar-refractivity contribution in [2.75, 3.05) is 0 Å². The van der Waals surface area contributed by atoms with Gasteiger partial charge in [0.15, 0.2) is 0 Å². The molecule has 5 aromatic carbocycles. The molecule has 0 atom stereocenters. The number of furan rings is 1. The van der Waals surface area contributed by atoms with Crippen LogP contribution in [-0.4, -0.2) is 19.9 Å². The third-order valence-corrected chi connectivity index (χ3v) is 9.67. The lowest BCUT2D eigenvalue weighted by atomic mass is 9.95. The van der Waals surface area contributed by atoms with Crippen molar-refractivity contribution in [3.63, 3.8) is 0 Å². The van der Waals surface area contributed by atoms with Gasteiger partial charge in [-0.05, 0) is 82.9 Å². The Morgan fingerprint density at radius 1 is 0.373 bits per heavy atom. The number of hydrogen-bond donors (Lipinski definition) is 0. The highest BCUT2D eigenvalue weighted by atomic mass is 16.3. The molecule has 5 nitrogen and oxygen atoms in total. The summed E-state index contributed by atoms with van der Waals surface area (Å²) < 4.78 is 6.52. The van der Waals surface area contributed by atoms with Gasteiger partial charge in [-0.25, -0.2) is 9.97 Å². The minimum atomic E-state index is 0.892. The highest BCUT2D eigenvalue weighted by Gasteiger charge is 2.17. The number of rotatable bonds is 5. The van der Waals surface area contributed by atoms with Gasteiger partial charge in [0.1, 0.15) is 11.2 Å². The molecule has 51 heavy (non-hydrogen) atoms. The Morgan fingerprint density at radius 3 is 1.71 bits per heavy atom. The van der Waals surface area contributed by atoms with Crippen LogP contribution in [0.15, 0.2) is 175 Å². The average Bonchev–Trinajstić information content (AvgIpc) is 3.60. The number of nitrogens with zero attached hydrogens (tertiary/aromatic N) is 4. The SMILES string of the molecule is c1cc(-c2ccc(-c3nc4ccccc4c4c3ccc3c5ccccc5oc34)cc2)cc(-c2cc(-c3ccncc3)nc(-c3ccncc3)c2)c1. The summed E-state index contributed by atoms with van der Waals surface area (Å²) in [6.45, 7) is 0. The van der Waals surface area contributed by atoms with Crippen LogP contribution < -0.4 is 0 Å². The molecule has 238 valence electrons. The summed E-state index contributed by atoms with van der Waals surface area (Å²) in [7, 11) is 0. The summed E-state index contributed by atoms with van der Waals surface area (Å²) in [5, 5.41) is 5.49. The largest absolute Gasteiger partial charge is 0.455 e. The second-order valence-electron chi connectivity index (χ2n) is 12.7. The van der Waals surface area contributed by atoms with Crippen LogP contribution in [0.1, 0.15) is 0 Å². The van der Waals surface area contributed by atoms with E-state index in [1.807, 2.05) is 42.5 Å². The van der Waals surface area contributed by atoms with Crippen LogP contribution in [0, 0.1) is 0 Å². The lowest BCUT2D eigenvalue weighted by Crippen LogP contribution is -1.92. The first-order chi connectivity index (χ1) is 25.3. The molecular formula is C46H28N4O. The Hall–Kier alpha value is -6.98. The van der Waals surface area contributed by atoms with Crippen molar-refractivity contribution in [1.29, 1.82) is 0 Å². The fourth-order valence-corrected chi connectivity index (χ4v) is 7.17. The number of para-hydroxylation sites is 2. The molecule has 0 unspecified atom stereocenters. The van der Waals surface area contributed by atoms with E-state index in [1.165, 1.54) is 0 Å². The van der Waals surface area contributed by atoms with Gasteiger partial charge in [0.25, 0.3) is 0 Å². The molecule has 0 aliphatic carbocycles. The molecular weight excluding hydrogens is 625 g/mol. The van der Waals surface area contributed by atoms with Gasteiger partial charge in [0, 0.05) is 68.4 Å². The monoisotopic (exact) mass is 652 g/mol. The zero-order valence-corrected chi connectivity index (χ0v) is 27.4. The second-order valence-corrected chi connectivity index (χ2v) is 12.7. The maximum Gasteiger partial charge on any atom is 0.144 e. The molecule has 0 amide bonds. The van der Waals surface area contributed by atoms with Crippen molar-refractivity contribution in [2.24, 2.45) is 0 Å². The Morgan fingerprint density at radius 2 is 0.980 bits per heavy atom. The number of hydrogen-bond acceptors (Lipinski definition) is 5. The Balaban J connectivity index is 1.07. The van der Waals surface area contributed by atoms with Gasteiger partial charge in [0.2, 0.25) is 0 Å². The predicted molar refractivity (Wildman–Crippen MR) is 207 cm³/mol. The van der Waals surface area contributed by atoms with E-state index >= 15 is 0 Å². The molecule has 5 heterocycles. The first kappa shape index (κ1) is 29.0. The fraction of sp³-hybridized carbons (Fsp3) is 0. The molecule has 0 aliphatic rings. The zero-order valence-electron chi connectivity index (χ0n) is 27.4. The maximum atomic E-state index is 6.52. The molecule has 0 bridgehead atoms. The van der Waals surface area contributed by atoms with E-state index in [0.29, 0.717) is 0 Å². The van der Waals surface area contributed by atoms with E-state index in [2.05, 4.69) is 113 Å². The highest BCUT2D eigenvalue weighted by Crippen LogP contribution is 2.41. The topological polar surface area (TPSA) is 64.7 Å². The number of fused-ring (bicyclic) bond motifs is 7. The average molecular weight is 653 g/mol. The van der Waals surface area contributed by atoms with Crippen LogP contribution in [0.5, 0.6) is 0 Å². The van der Waals surface area contributed by atoms with Crippen LogP contribution in [0.3, 0.4) is 0 Å². The van der Waals surface area contributed by atoms with Gasteiger partial charge >= 0.3 is 0 Å². The molecule has 0 N–H and O–H groups in total. The van der Waals surface area contributed by atoms with Gasteiger partial charge in [-0.1, -0.05) is 84.9 Å². The van der Waals surface area contributed by atoms with E-state index in [-0.39, 0.29) is 0 Å². The van der Waals surface area contributed by atoms with E-state index in [4.69, 9.17) is 14.4 Å². The number of pyridine rings is 4. The lowest BCUT2D eigenvalue weighted by molar-refractivity contribution is 0.673. The molecule has 0 radical (unpaired) electrons. The minimum Gasteiger partial charge on any atom is -0.455 e. The van der Waals surface area contributed by atoms with E-state index in [0.717, 1.165) is 99.6 Å². The number of aromatic nitrogens is 4. The van der Waals surface area contributed by atoms with E-state index in [9.17, 15) is 0 Å². The Kier molecular flexibility index (Phi) is 6.74. The zero-order chi connectivity index (χ0) is 33.7. The quantitative estimate of drug-likeness (QED) is 0.173. The van der Waals surface area contributed by atoms with Crippen molar-refractivity contribution in [3.8, 4) is 56.0 Å².